The molecule has 17 heavy (non-hydrogen) atoms. The summed E-state index contributed by atoms with van der Waals surface area (Å²) < 4.78 is 35.5. The van der Waals surface area contributed by atoms with Gasteiger partial charge < -0.3 is 5.32 Å². The van der Waals surface area contributed by atoms with Crippen LogP contribution in [0, 0.1) is 0 Å². The van der Waals surface area contributed by atoms with Crippen LogP contribution in [0.3, 0.4) is 0 Å². The van der Waals surface area contributed by atoms with Gasteiger partial charge in [-0.1, -0.05) is 12.1 Å². The molecule has 0 saturated heterocycles. The number of hydrogen-bond donors (Lipinski definition) is 2. The number of alkyl halides is 3. The molecule has 1 amide bonds. The summed E-state index contributed by atoms with van der Waals surface area (Å²) in [7, 11) is 0. The van der Waals surface area contributed by atoms with Gasteiger partial charge in [0.05, 0.1) is 5.56 Å². The second kappa shape index (κ2) is 5.95. The first-order valence-corrected chi connectivity index (χ1v) is 5.48. The van der Waals surface area contributed by atoms with Gasteiger partial charge in [-0.2, -0.15) is 13.2 Å². The van der Waals surface area contributed by atoms with E-state index < -0.39 is 18.5 Å². The van der Waals surface area contributed by atoms with Crippen molar-refractivity contribution in [3.8, 4) is 0 Å². The monoisotopic (exact) mass is 263 g/mol. The van der Waals surface area contributed by atoms with E-state index >= 15 is 0 Å². The number of carbonyl (C=O) groups is 1. The van der Waals surface area contributed by atoms with Crippen LogP contribution in [0.15, 0.2) is 29.2 Å². The first-order chi connectivity index (χ1) is 7.90. The zero-order valence-electron chi connectivity index (χ0n) is 8.92. The van der Waals surface area contributed by atoms with Gasteiger partial charge in [0.2, 0.25) is 0 Å². The van der Waals surface area contributed by atoms with E-state index in [1.165, 1.54) is 0 Å². The molecule has 0 radical (unpaired) electrons. The third-order valence-electron chi connectivity index (χ3n) is 2.07. The van der Waals surface area contributed by atoms with Gasteiger partial charge in [0.25, 0.3) is 5.91 Å². The molecule has 0 unspecified atom stereocenters. The van der Waals surface area contributed by atoms with Crippen LogP contribution >= 0.6 is 12.6 Å². The molecule has 94 valence electrons. The van der Waals surface area contributed by atoms with Crippen molar-refractivity contribution in [2.45, 2.75) is 23.9 Å². The molecule has 1 rings (SSSR count). The highest BCUT2D eigenvalue weighted by atomic mass is 32.1. The number of carbonyl (C=O) groups excluding carboxylic acids is 1. The normalized spacial score (nSPS) is 11.3. The summed E-state index contributed by atoms with van der Waals surface area (Å²) in [5, 5.41) is 2.42. The molecule has 1 N–H and O–H groups in total. The summed E-state index contributed by atoms with van der Waals surface area (Å²) in [4.78, 5) is 12.0. The molecule has 6 heteroatoms. The smallest absolute Gasteiger partial charge is 0.352 e. The molecule has 0 bridgehead atoms. The van der Waals surface area contributed by atoms with Gasteiger partial charge >= 0.3 is 6.18 Å². The fraction of sp³-hybridized carbons (Fsp3) is 0.364. The van der Waals surface area contributed by atoms with E-state index in [1.54, 1.807) is 24.3 Å². The highest BCUT2D eigenvalue weighted by Crippen LogP contribution is 2.20. The minimum absolute atomic E-state index is 0.000452. The van der Waals surface area contributed by atoms with Crippen LogP contribution in [0.4, 0.5) is 13.2 Å². The van der Waals surface area contributed by atoms with Crippen molar-refractivity contribution in [1.29, 1.82) is 0 Å². The van der Waals surface area contributed by atoms with Crippen molar-refractivity contribution in [3.63, 3.8) is 0 Å². The lowest BCUT2D eigenvalue weighted by molar-refractivity contribution is -0.135. The van der Waals surface area contributed by atoms with Gasteiger partial charge in [-0.05, 0) is 18.6 Å². The van der Waals surface area contributed by atoms with Crippen molar-refractivity contribution >= 4 is 18.5 Å². The highest BCUT2D eigenvalue weighted by molar-refractivity contribution is 7.80. The molecule has 0 atom stereocenters. The number of amides is 1. The third kappa shape index (κ3) is 5.12. The fourth-order valence-electron chi connectivity index (χ4n) is 1.25. The first-order valence-electron chi connectivity index (χ1n) is 5.03. The molecule has 1 aromatic rings. The van der Waals surface area contributed by atoms with Crippen LogP contribution < -0.4 is 5.32 Å². The Labute approximate surface area is 103 Å². The van der Waals surface area contributed by atoms with Gasteiger partial charge in [0.1, 0.15) is 0 Å². The average molecular weight is 263 g/mol. The second-order valence-electron chi connectivity index (χ2n) is 3.49. The van der Waals surface area contributed by atoms with Gasteiger partial charge in [0, 0.05) is 17.9 Å². The van der Waals surface area contributed by atoms with Gasteiger partial charge in [0.15, 0.2) is 0 Å². The SMILES string of the molecule is O=C(NCCCC(F)(F)F)c1ccccc1S. The largest absolute Gasteiger partial charge is 0.389 e. The molecular weight excluding hydrogens is 251 g/mol. The van der Waals surface area contributed by atoms with Crippen LogP contribution in [0.1, 0.15) is 23.2 Å². The molecular formula is C11H12F3NOS. The van der Waals surface area contributed by atoms with Crippen LogP contribution in [-0.2, 0) is 0 Å². The molecule has 0 aromatic heterocycles. The average Bonchev–Trinajstić information content (AvgIpc) is 2.23. The second-order valence-corrected chi connectivity index (χ2v) is 3.97. The molecule has 0 fully saturated rings. The Hall–Kier alpha value is -1.17. The Balaban J connectivity index is 2.39. The van der Waals surface area contributed by atoms with Crippen molar-refractivity contribution in [1.82, 2.24) is 5.32 Å². The number of hydrogen-bond acceptors (Lipinski definition) is 2. The molecule has 0 heterocycles. The zero-order valence-corrected chi connectivity index (χ0v) is 9.81. The zero-order chi connectivity index (χ0) is 12.9. The number of benzene rings is 1. The van der Waals surface area contributed by atoms with Crippen molar-refractivity contribution < 1.29 is 18.0 Å². The summed E-state index contributed by atoms with van der Waals surface area (Å²) in [6.07, 6.45) is -5.19. The van der Waals surface area contributed by atoms with Crippen molar-refractivity contribution in [3.05, 3.63) is 29.8 Å². The topological polar surface area (TPSA) is 29.1 Å². The molecule has 0 aliphatic rings. The van der Waals surface area contributed by atoms with Crippen LogP contribution in [-0.4, -0.2) is 18.6 Å². The lowest BCUT2D eigenvalue weighted by Crippen LogP contribution is -2.25. The summed E-state index contributed by atoms with van der Waals surface area (Å²) in [6.45, 7) is 0.000452. The fourth-order valence-corrected chi connectivity index (χ4v) is 1.51. The molecule has 0 saturated carbocycles. The van der Waals surface area contributed by atoms with Gasteiger partial charge in [-0.15, -0.1) is 12.6 Å². The van der Waals surface area contributed by atoms with Crippen molar-refractivity contribution in [2.24, 2.45) is 0 Å². The van der Waals surface area contributed by atoms with Crippen LogP contribution in [0.25, 0.3) is 0 Å². The Morgan fingerprint density at radius 1 is 1.29 bits per heavy atom. The third-order valence-corrected chi connectivity index (χ3v) is 2.46. The Kier molecular flexibility index (Phi) is 4.86. The number of halogens is 3. The van der Waals surface area contributed by atoms with E-state index in [0.717, 1.165) is 0 Å². The molecule has 2 nitrogen and oxygen atoms in total. The lowest BCUT2D eigenvalue weighted by atomic mass is 10.2. The number of thiol groups is 1. The van der Waals surface area contributed by atoms with Gasteiger partial charge in [-0.3, -0.25) is 4.79 Å². The summed E-state index contributed by atoms with van der Waals surface area (Å²) in [6, 6.07) is 6.61. The lowest BCUT2D eigenvalue weighted by Gasteiger charge is -2.08. The van der Waals surface area contributed by atoms with Crippen LogP contribution in [0.5, 0.6) is 0 Å². The Morgan fingerprint density at radius 2 is 1.94 bits per heavy atom. The predicted molar refractivity (Wildman–Crippen MR) is 61.3 cm³/mol. The van der Waals surface area contributed by atoms with E-state index in [4.69, 9.17) is 0 Å². The van der Waals surface area contributed by atoms with Gasteiger partial charge in [-0.25, -0.2) is 0 Å². The Morgan fingerprint density at radius 3 is 2.53 bits per heavy atom. The van der Waals surface area contributed by atoms with Crippen LogP contribution in [0.2, 0.25) is 0 Å². The predicted octanol–water partition coefficient (Wildman–Crippen LogP) is 3.05. The van der Waals surface area contributed by atoms with E-state index in [9.17, 15) is 18.0 Å². The molecule has 0 aliphatic heterocycles. The quantitative estimate of drug-likeness (QED) is 0.634. The summed E-state index contributed by atoms with van der Waals surface area (Å²) >= 11 is 4.09. The van der Waals surface area contributed by atoms with E-state index in [-0.39, 0.29) is 13.0 Å². The van der Waals surface area contributed by atoms with E-state index in [1.807, 2.05) is 0 Å². The standard InChI is InChI=1S/C11H12F3NOS/c12-11(13,14)6-3-7-15-10(16)8-4-1-2-5-9(8)17/h1-2,4-5,17H,3,6-7H2,(H,15,16). The molecule has 1 aromatic carbocycles. The summed E-state index contributed by atoms with van der Waals surface area (Å²) in [5.41, 5.74) is 0.364. The Bertz CT molecular complexity index is 393. The van der Waals surface area contributed by atoms with Crippen molar-refractivity contribution in [2.75, 3.05) is 6.54 Å². The summed E-state index contributed by atoms with van der Waals surface area (Å²) in [5.74, 6) is -0.405. The maximum absolute atomic E-state index is 11.8. The van der Waals surface area contributed by atoms with E-state index in [0.29, 0.717) is 10.5 Å². The first kappa shape index (κ1) is 13.9. The highest BCUT2D eigenvalue weighted by Gasteiger charge is 2.26. The van der Waals surface area contributed by atoms with E-state index in [2.05, 4.69) is 17.9 Å². The minimum atomic E-state index is -4.17. The maximum Gasteiger partial charge on any atom is 0.389 e. The maximum atomic E-state index is 11.8. The number of rotatable bonds is 4. The molecule has 0 aliphatic carbocycles. The number of nitrogens with one attached hydrogen (secondary N) is 1. The molecule has 0 spiro atoms. The minimum Gasteiger partial charge on any atom is -0.352 e.